The molecule has 1 saturated heterocycles. The first kappa shape index (κ1) is 15.8. The molecule has 0 bridgehead atoms. The van der Waals surface area contributed by atoms with E-state index in [4.69, 9.17) is 11.6 Å². The van der Waals surface area contributed by atoms with Gasteiger partial charge in [0.2, 0.25) is 10.0 Å². The summed E-state index contributed by atoms with van der Waals surface area (Å²) in [6.07, 6.45) is 1.03. The van der Waals surface area contributed by atoms with E-state index in [0.717, 1.165) is 0 Å². The lowest BCUT2D eigenvalue weighted by molar-refractivity contribution is 0.517. The van der Waals surface area contributed by atoms with Crippen LogP contribution in [0.4, 0.5) is 0 Å². The van der Waals surface area contributed by atoms with Crippen molar-refractivity contribution in [3.63, 3.8) is 0 Å². The number of hydrogen-bond donors (Lipinski definition) is 1. The summed E-state index contributed by atoms with van der Waals surface area (Å²) < 4.78 is 49.6. The van der Waals surface area contributed by atoms with Crippen molar-refractivity contribution in [3.05, 3.63) is 34.9 Å². The van der Waals surface area contributed by atoms with Crippen LogP contribution in [0.2, 0.25) is 5.02 Å². The SMILES string of the molecule is O=S1(=O)CCCC(NS(=O)(=O)Cc2ccccc2Cl)C1. The van der Waals surface area contributed by atoms with Gasteiger partial charge in [0.1, 0.15) is 0 Å². The minimum absolute atomic E-state index is 0.130. The number of halogens is 1. The van der Waals surface area contributed by atoms with Gasteiger partial charge in [0.15, 0.2) is 9.84 Å². The van der Waals surface area contributed by atoms with E-state index >= 15 is 0 Å². The summed E-state index contributed by atoms with van der Waals surface area (Å²) in [5.41, 5.74) is 0.500. The van der Waals surface area contributed by atoms with Gasteiger partial charge in [-0.25, -0.2) is 21.6 Å². The molecule has 1 aliphatic rings. The molecule has 1 unspecified atom stereocenters. The lowest BCUT2D eigenvalue weighted by Gasteiger charge is -2.22. The summed E-state index contributed by atoms with van der Waals surface area (Å²) in [5.74, 6) is -0.242. The van der Waals surface area contributed by atoms with Gasteiger partial charge >= 0.3 is 0 Å². The van der Waals surface area contributed by atoms with Crippen LogP contribution in [0, 0.1) is 0 Å². The van der Waals surface area contributed by atoms with Crippen molar-refractivity contribution < 1.29 is 16.8 Å². The minimum atomic E-state index is -3.61. The Morgan fingerprint density at radius 3 is 2.65 bits per heavy atom. The maximum Gasteiger partial charge on any atom is 0.216 e. The summed E-state index contributed by atoms with van der Waals surface area (Å²) in [6.45, 7) is 0. The average molecular weight is 338 g/mol. The molecule has 112 valence electrons. The summed E-state index contributed by atoms with van der Waals surface area (Å²) >= 11 is 5.93. The standard InChI is InChI=1S/C12H16ClNO4S2/c13-12-6-2-1-4-10(12)8-20(17,18)14-11-5-3-7-19(15,16)9-11/h1-2,4,6,11,14H,3,5,7-9H2. The van der Waals surface area contributed by atoms with Gasteiger partial charge in [-0.3, -0.25) is 0 Å². The van der Waals surface area contributed by atoms with Crippen LogP contribution in [0.1, 0.15) is 18.4 Å². The van der Waals surface area contributed by atoms with Crippen LogP contribution in [-0.4, -0.2) is 34.4 Å². The molecule has 8 heteroatoms. The van der Waals surface area contributed by atoms with Crippen LogP contribution in [-0.2, 0) is 25.6 Å². The Hall–Kier alpha value is -0.630. The quantitative estimate of drug-likeness (QED) is 0.899. The van der Waals surface area contributed by atoms with Gasteiger partial charge in [0, 0.05) is 11.1 Å². The molecule has 20 heavy (non-hydrogen) atoms. The minimum Gasteiger partial charge on any atom is -0.229 e. The van der Waals surface area contributed by atoms with Gasteiger partial charge in [0.25, 0.3) is 0 Å². The first-order valence-corrected chi connectivity index (χ1v) is 10.1. The Morgan fingerprint density at radius 2 is 2.00 bits per heavy atom. The first-order chi connectivity index (χ1) is 9.27. The second-order valence-corrected chi connectivity index (χ2v) is 9.31. The third-order valence-corrected chi connectivity index (χ3v) is 6.69. The largest absolute Gasteiger partial charge is 0.229 e. The molecule has 1 fully saturated rings. The lowest BCUT2D eigenvalue weighted by atomic mass is 10.2. The number of benzene rings is 1. The van der Waals surface area contributed by atoms with Crippen LogP contribution in [0.15, 0.2) is 24.3 Å². The smallest absolute Gasteiger partial charge is 0.216 e. The molecule has 1 aromatic rings. The summed E-state index contributed by atoms with van der Waals surface area (Å²) in [6, 6.07) is 6.15. The topological polar surface area (TPSA) is 80.3 Å². The number of sulfone groups is 1. The van der Waals surface area contributed by atoms with Crippen molar-refractivity contribution in [2.75, 3.05) is 11.5 Å². The molecule has 0 aliphatic carbocycles. The molecule has 0 spiro atoms. The van der Waals surface area contributed by atoms with Gasteiger partial charge in [-0.15, -0.1) is 0 Å². The maximum atomic E-state index is 12.1. The van der Waals surface area contributed by atoms with Crippen LogP contribution >= 0.6 is 11.6 Å². The highest BCUT2D eigenvalue weighted by molar-refractivity contribution is 7.91. The molecule has 0 aromatic heterocycles. The molecule has 0 amide bonds. The second kappa shape index (κ2) is 6.01. The van der Waals surface area contributed by atoms with Crippen LogP contribution in [0.3, 0.4) is 0 Å². The zero-order valence-electron chi connectivity index (χ0n) is 10.7. The fourth-order valence-corrected chi connectivity index (χ4v) is 5.71. The highest BCUT2D eigenvalue weighted by Crippen LogP contribution is 2.19. The van der Waals surface area contributed by atoms with Gasteiger partial charge in [-0.05, 0) is 24.5 Å². The van der Waals surface area contributed by atoms with Crippen molar-refractivity contribution in [2.24, 2.45) is 0 Å². The van der Waals surface area contributed by atoms with E-state index in [-0.39, 0.29) is 17.3 Å². The molecule has 1 aliphatic heterocycles. The first-order valence-electron chi connectivity index (χ1n) is 6.21. The molecule has 1 atom stereocenters. The third kappa shape index (κ3) is 4.44. The summed E-state index contributed by atoms with van der Waals surface area (Å²) in [5, 5.41) is 0.383. The number of sulfonamides is 1. The van der Waals surface area contributed by atoms with Crippen molar-refractivity contribution >= 4 is 31.5 Å². The lowest BCUT2D eigenvalue weighted by Crippen LogP contribution is -2.43. The molecular weight excluding hydrogens is 322 g/mol. The van der Waals surface area contributed by atoms with Gasteiger partial charge in [-0.1, -0.05) is 29.8 Å². The van der Waals surface area contributed by atoms with Gasteiger partial charge in [0.05, 0.1) is 17.3 Å². The Balaban J connectivity index is 2.06. The summed E-state index contributed by atoms with van der Waals surface area (Å²) in [4.78, 5) is 0. The van der Waals surface area contributed by atoms with E-state index in [1.54, 1.807) is 24.3 Å². The molecular formula is C12H16ClNO4S2. The zero-order valence-corrected chi connectivity index (χ0v) is 13.1. The predicted octanol–water partition coefficient (Wildman–Crippen LogP) is 1.34. The van der Waals surface area contributed by atoms with E-state index in [1.165, 1.54) is 0 Å². The van der Waals surface area contributed by atoms with Crippen LogP contribution in [0.25, 0.3) is 0 Å². The van der Waals surface area contributed by atoms with E-state index in [1.807, 2.05) is 0 Å². The fourth-order valence-electron chi connectivity index (χ4n) is 2.23. The molecule has 5 nitrogen and oxygen atoms in total. The molecule has 1 N–H and O–H groups in total. The van der Waals surface area contributed by atoms with Gasteiger partial charge < -0.3 is 0 Å². The monoisotopic (exact) mass is 337 g/mol. The Labute approximate surface area is 124 Å². The third-order valence-electron chi connectivity index (χ3n) is 3.11. The fraction of sp³-hybridized carbons (Fsp3) is 0.500. The van der Waals surface area contributed by atoms with Crippen molar-refractivity contribution in [3.8, 4) is 0 Å². The Kier molecular flexibility index (Phi) is 4.73. The molecule has 1 heterocycles. The van der Waals surface area contributed by atoms with Crippen molar-refractivity contribution in [1.29, 1.82) is 0 Å². The highest BCUT2D eigenvalue weighted by Gasteiger charge is 2.28. The zero-order chi connectivity index (χ0) is 14.8. The predicted molar refractivity (Wildman–Crippen MR) is 78.9 cm³/mol. The second-order valence-electron chi connectivity index (χ2n) is 4.92. The number of rotatable bonds is 4. The molecule has 1 aromatic carbocycles. The number of hydrogen-bond acceptors (Lipinski definition) is 4. The Morgan fingerprint density at radius 1 is 1.30 bits per heavy atom. The highest BCUT2D eigenvalue weighted by atomic mass is 35.5. The molecule has 0 radical (unpaired) electrons. The average Bonchev–Trinajstić information content (AvgIpc) is 2.30. The van der Waals surface area contributed by atoms with E-state index in [9.17, 15) is 16.8 Å². The molecule has 2 rings (SSSR count). The van der Waals surface area contributed by atoms with Crippen molar-refractivity contribution in [2.45, 2.75) is 24.6 Å². The maximum absolute atomic E-state index is 12.1. The Bertz CT molecular complexity index is 685. The number of nitrogens with one attached hydrogen (secondary N) is 1. The summed E-state index contributed by atoms with van der Waals surface area (Å²) in [7, 11) is -6.74. The normalized spacial score (nSPS) is 22.6. The van der Waals surface area contributed by atoms with E-state index < -0.39 is 25.9 Å². The van der Waals surface area contributed by atoms with Crippen molar-refractivity contribution in [1.82, 2.24) is 4.72 Å². The van der Waals surface area contributed by atoms with Crippen LogP contribution in [0.5, 0.6) is 0 Å². The molecule has 0 saturated carbocycles. The van der Waals surface area contributed by atoms with Gasteiger partial charge in [-0.2, -0.15) is 0 Å². The van der Waals surface area contributed by atoms with E-state index in [2.05, 4.69) is 4.72 Å². The van der Waals surface area contributed by atoms with E-state index in [0.29, 0.717) is 23.4 Å². The van der Waals surface area contributed by atoms with Crippen LogP contribution < -0.4 is 4.72 Å².